The first-order chi connectivity index (χ1) is 15.6. The van der Waals surface area contributed by atoms with Crippen LogP contribution in [0.15, 0.2) is 53.5 Å². The fourth-order valence-electron chi connectivity index (χ4n) is 3.67. The number of aliphatic imine (C=N–C) groups is 1. The van der Waals surface area contributed by atoms with Crippen LogP contribution in [0.2, 0.25) is 0 Å². The van der Waals surface area contributed by atoms with Crippen molar-refractivity contribution in [2.24, 2.45) is 12.0 Å². The Labute approximate surface area is 188 Å². The van der Waals surface area contributed by atoms with Crippen molar-refractivity contribution in [3.63, 3.8) is 0 Å². The molecule has 4 rings (SSSR count). The molecule has 168 valence electrons. The van der Waals surface area contributed by atoms with Crippen LogP contribution in [0.4, 0.5) is 0 Å². The van der Waals surface area contributed by atoms with Crippen LogP contribution in [0.3, 0.4) is 0 Å². The number of hydrogen-bond acceptors (Lipinski definition) is 5. The van der Waals surface area contributed by atoms with E-state index in [0.717, 1.165) is 54.1 Å². The van der Waals surface area contributed by atoms with E-state index in [4.69, 9.17) is 14.5 Å². The Morgan fingerprint density at radius 1 is 1.19 bits per heavy atom. The van der Waals surface area contributed by atoms with Crippen LogP contribution in [-0.4, -0.2) is 41.0 Å². The molecular weight excluding hydrogens is 404 g/mol. The quantitative estimate of drug-likeness (QED) is 0.439. The molecule has 0 bridgehead atoms. The normalized spacial score (nSPS) is 15.6. The second kappa shape index (κ2) is 10.2. The molecule has 3 aromatic rings. The van der Waals surface area contributed by atoms with E-state index in [9.17, 15) is 0 Å². The van der Waals surface area contributed by atoms with Crippen LogP contribution in [0.1, 0.15) is 35.2 Å². The number of methoxy groups -OCH3 is 1. The van der Waals surface area contributed by atoms with Gasteiger partial charge < -0.3 is 24.7 Å². The standard InChI is InChI=1S/C24H30N6O2/c1-17-28-29-23(30(17)2)16-26-24(25-14-12-18-8-10-19(31-3)11-9-18)27-21-13-15-32-22-7-5-4-6-20(21)22/h4-11,21H,12-16H2,1-3H3,(H2,25,26,27). The molecule has 2 heterocycles. The summed E-state index contributed by atoms with van der Waals surface area (Å²) < 4.78 is 13.0. The molecule has 1 aliphatic heterocycles. The fourth-order valence-corrected chi connectivity index (χ4v) is 3.67. The van der Waals surface area contributed by atoms with Gasteiger partial charge in [0.1, 0.15) is 23.9 Å². The highest BCUT2D eigenvalue weighted by atomic mass is 16.5. The van der Waals surface area contributed by atoms with Gasteiger partial charge in [0, 0.05) is 25.6 Å². The first-order valence-corrected chi connectivity index (χ1v) is 10.9. The van der Waals surface area contributed by atoms with Crippen LogP contribution in [0.25, 0.3) is 0 Å². The maximum Gasteiger partial charge on any atom is 0.192 e. The molecule has 0 aliphatic carbocycles. The van der Waals surface area contributed by atoms with Crippen LogP contribution < -0.4 is 20.1 Å². The number of guanidine groups is 1. The lowest BCUT2D eigenvalue weighted by Crippen LogP contribution is -2.42. The Morgan fingerprint density at radius 3 is 2.75 bits per heavy atom. The maximum atomic E-state index is 5.81. The monoisotopic (exact) mass is 434 g/mol. The molecule has 0 spiro atoms. The molecule has 0 saturated carbocycles. The average Bonchev–Trinajstić information content (AvgIpc) is 3.15. The summed E-state index contributed by atoms with van der Waals surface area (Å²) >= 11 is 0. The maximum absolute atomic E-state index is 5.81. The molecule has 2 N–H and O–H groups in total. The summed E-state index contributed by atoms with van der Waals surface area (Å²) in [4.78, 5) is 4.80. The molecule has 1 aliphatic rings. The lowest BCUT2D eigenvalue weighted by Gasteiger charge is -2.28. The lowest BCUT2D eigenvalue weighted by atomic mass is 10.0. The van der Waals surface area contributed by atoms with Crippen LogP contribution in [0, 0.1) is 6.92 Å². The van der Waals surface area contributed by atoms with Crippen molar-refractivity contribution < 1.29 is 9.47 Å². The van der Waals surface area contributed by atoms with Crippen molar-refractivity contribution in [3.8, 4) is 11.5 Å². The molecular formula is C24H30N6O2. The number of para-hydroxylation sites is 1. The van der Waals surface area contributed by atoms with Gasteiger partial charge in [0.15, 0.2) is 11.8 Å². The van der Waals surface area contributed by atoms with Crippen LogP contribution >= 0.6 is 0 Å². The summed E-state index contributed by atoms with van der Waals surface area (Å²) in [7, 11) is 3.64. The second-order valence-corrected chi connectivity index (χ2v) is 7.78. The highest BCUT2D eigenvalue weighted by Crippen LogP contribution is 2.31. The molecule has 8 heteroatoms. The Morgan fingerprint density at radius 2 is 2.00 bits per heavy atom. The summed E-state index contributed by atoms with van der Waals surface area (Å²) in [5.74, 6) is 4.24. The van der Waals surface area contributed by atoms with E-state index < -0.39 is 0 Å². The Balaban J connectivity index is 1.46. The van der Waals surface area contributed by atoms with Crippen molar-refractivity contribution in [1.82, 2.24) is 25.4 Å². The van der Waals surface area contributed by atoms with Gasteiger partial charge in [-0.3, -0.25) is 0 Å². The number of nitrogens with zero attached hydrogens (tertiary/aromatic N) is 4. The van der Waals surface area contributed by atoms with Gasteiger partial charge in [0.05, 0.1) is 19.8 Å². The van der Waals surface area contributed by atoms with Gasteiger partial charge in [-0.2, -0.15) is 0 Å². The number of benzene rings is 2. The first kappa shape index (κ1) is 21.7. The van der Waals surface area contributed by atoms with E-state index in [-0.39, 0.29) is 6.04 Å². The highest BCUT2D eigenvalue weighted by molar-refractivity contribution is 5.80. The third kappa shape index (κ3) is 5.19. The molecule has 8 nitrogen and oxygen atoms in total. The van der Waals surface area contributed by atoms with Gasteiger partial charge in [-0.1, -0.05) is 30.3 Å². The van der Waals surface area contributed by atoms with Crippen molar-refractivity contribution in [1.29, 1.82) is 0 Å². The fraction of sp³-hybridized carbons (Fsp3) is 0.375. The van der Waals surface area contributed by atoms with E-state index >= 15 is 0 Å². The number of aromatic nitrogens is 3. The van der Waals surface area contributed by atoms with Gasteiger partial charge in [-0.25, -0.2) is 4.99 Å². The summed E-state index contributed by atoms with van der Waals surface area (Å²) in [6.45, 7) is 3.81. The van der Waals surface area contributed by atoms with Crippen molar-refractivity contribution >= 4 is 5.96 Å². The molecule has 1 aromatic heterocycles. The van der Waals surface area contributed by atoms with Gasteiger partial charge in [0.25, 0.3) is 0 Å². The molecule has 2 aromatic carbocycles. The summed E-state index contributed by atoms with van der Waals surface area (Å²) in [5, 5.41) is 15.4. The Kier molecular flexibility index (Phi) is 6.89. The van der Waals surface area contributed by atoms with Gasteiger partial charge in [-0.15, -0.1) is 10.2 Å². The van der Waals surface area contributed by atoms with E-state index in [1.54, 1.807) is 7.11 Å². The number of nitrogens with one attached hydrogen (secondary N) is 2. The Hall–Kier alpha value is -3.55. The van der Waals surface area contributed by atoms with E-state index in [1.165, 1.54) is 5.56 Å². The molecule has 0 radical (unpaired) electrons. The van der Waals surface area contributed by atoms with Crippen molar-refractivity contribution in [3.05, 3.63) is 71.3 Å². The molecule has 1 unspecified atom stereocenters. The minimum absolute atomic E-state index is 0.133. The zero-order chi connectivity index (χ0) is 22.3. The van der Waals surface area contributed by atoms with E-state index in [2.05, 4.69) is 39.0 Å². The summed E-state index contributed by atoms with van der Waals surface area (Å²) in [6.07, 6.45) is 1.75. The SMILES string of the molecule is COc1ccc(CCNC(=NCc2nnc(C)n2C)NC2CCOc3ccccc32)cc1. The highest BCUT2D eigenvalue weighted by Gasteiger charge is 2.22. The zero-order valence-electron chi connectivity index (χ0n) is 18.8. The van der Waals surface area contributed by atoms with Crippen LogP contribution in [-0.2, 0) is 20.0 Å². The van der Waals surface area contributed by atoms with E-state index in [1.807, 2.05) is 48.9 Å². The van der Waals surface area contributed by atoms with Gasteiger partial charge >= 0.3 is 0 Å². The first-order valence-electron chi connectivity index (χ1n) is 10.9. The van der Waals surface area contributed by atoms with Gasteiger partial charge in [0.2, 0.25) is 0 Å². The minimum Gasteiger partial charge on any atom is -0.497 e. The Bertz CT molecular complexity index is 1060. The predicted octanol–water partition coefficient (Wildman–Crippen LogP) is 2.93. The van der Waals surface area contributed by atoms with E-state index in [0.29, 0.717) is 13.2 Å². The number of ether oxygens (including phenoxy) is 2. The molecule has 1 atom stereocenters. The number of aryl methyl sites for hydroxylation is 1. The number of fused-ring (bicyclic) bond motifs is 1. The number of rotatable bonds is 7. The predicted molar refractivity (Wildman–Crippen MR) is 124 cm³/mol. The van der Waals surface area contributed by atoms with Crippen LogP contribution in [0.5, 0.6) is 11.5 Å². The summed E-state index contributed by atoms with van der Waals surface area (Å²) in [6, 6.07) is 16.4. The largest absolute Gasteiger partial charge is 0.497 e. The minimum atomic E-state index is 0.133. The molecule has 32 heavy (non-hydrogen) atoms. The molecule has 0 saturated heterocycles. The second-order valence-electron chi connectivity index (χ2n) is 7.78. The topological polar surface area (TPSA) is 85.6 Å². The van der Waals surface area contributed by atoms with Crippen molar-refractivity contribution in [2.75, 3.05) is 20.3 Å². The summed E-state index contributed by atoms with van der Waals surface area (Å²) in [5.41, 5.74) is 2.39. The lowest BCUT2D eigenvalue weighted by molar-refractivity contribution is 0.261. The average molecular weight is 435 g/mol. The molecule has 0 fully saturated rings. The van der Waals surface area contributed by atoms with Gasteiger partial charge in [-0.05, 0) is 37.1 Å². The smallest absolute Gasteiger partial charge is 0.192 e. The zero-order valence-corrected chi connectivity index (χ0v) is 18.8. The van der Waals surface area contributed by atoms with Crippen molar-refractivity contribution in [2.45, 2.75) is 32.4 Å². The third-order valence-electron chi connectivity index (χ3n) is 5.70. The third-order valence-corrected chi connectivity index (χ3v) is 5.70. The molecule has 0 amide bonds. The number of hydrogen-bond donors (Lipinski definition) is 2.